The van der Waals surface area contributed by atoms with Crippen molar-refractivity contribution in [2.45, 2.75) is 6.61 Å². The van der Waals surface area contributed by atoms with Crippen LogP contribution in [-0.4, -0.2) is 77.2 Å². The summed E-state index contributed by atoms with van der Waals surface area (Å²) in [5, 5.41) is 19.1. The van der Waals surface area contributed by atoms with Crippen LogP contribution in [0, 0.1) is 11.2 Å². The number of fused-ring (bicyclic) bond motifs is 1. The van der Waals surface area contributed by atoms with Crippen LogP contribution >= 0.6 is 11.6 Å². The van der Waals surface area contributed by atoms with Crippen molar-refractivity contribution in [3.8, 4) is 5.75 Å². The molecular weight excluding hydrogens is 531 g/mol. The number of rotatable bonds is 7. The molecular formula is C29H30ClFN8O. The van der Waals surface area contributed by atoms with E-state index in [9.17, 15) is 4.39 Å². The zero-order chi connectivity index (χ0) is 28.1. The number of anilines is 2. The summed E-state index contributed by atoms with van der Waals surface area (Å²) in [5.74, 6) is 1.17. The maximum Gasteiger partial charge on any atom is 0.214 e. The zero-order valence-corrected chi connectivity index (χ0v) is 23.1. The summed E-state index contributed by atoms with van der Waals surface area (Å²) < 4.78 is 19.2. The lowest BCUT2D eigenvalue weighted by atomic mass is 10.1. The molecule has 0 radical (unpaired) electrons. The predicted molar refractivity (Wildman–Crippen MR) is 157 cm³/mol. The molecule has 1 saturated heterocycles. The van der Waals surface area contributed by atoms with Crippen molar-refractivity contribution in [2.24, 2.45) is 5.10 Å². The Balaban J connectivity index is 1.28. The Hall–Kier alpha value is -4.28. The Morgan fingerprint density at radius 2 is 1.95 bits per heavy atom. The quantitative estimate of drug-likeness (QED) is 0.182. The molecule has 0 unspecified atom stereocenters. The van der Waals surface area contributed by atoms with Crippen LogP contribution in [0.4, 0.5) is 15.9 Å². The van der Waals surface area contributed by atoms with E-state index >= 15 is 0 Å². The summed E-state index contributed by atoms with van der Waals surface area (Å²) in [4.78, 5) is 13.1. The first-order valence-corrected chi connectivity index (χ1v) is 13.2. The molecule has 0 spiro atoms. The van der Waals surface area contributed by atoms with Gasteiger partial charge in [0.2, 0.25) is 5.96 Å². The summed E-state index contributed by atoms with van der Waals surface area (Å²) in [7, 11) is 3.87. The molecule has 11 heteroatoms. The normalized spacial score (nSPS) is 14.1. The second-order valence-electron chi connectivity index (χ2n) is 9.57. The van der Waals surface area contributed by atoms with Gasteiger partial charge >= 0.3 is 0 Å². The number of nitrogens with zero attached hydrogens (tertiary/aromatic N) is 6. The summed E-state index contributed by atoms with van der Waals surface area (Å²) in [6.07, 6.45) is 3.23. The van der Waals surface area contributed by atoms with Crippen LogP contribution in [0.5, 0.6) is 5.75 Å². The summed E-state index contributed by atoms with van der Waals surface area (Å²) in [6.45, 7) is 3.67. The first-order valence-electron chi connectivity index (χ1n) is 12.8. The average Bonchev–Trinajstić information content (AvgIpc) is 2.96. The molecule has 0 saturated carbocycles. The molecule has 0 bridgehead atoms. The largest absolute Gasteiger partial charge is 0.487 e. The van der Waals surface area contributed by atoms with Crippen LogP contribution in [0.3, 0.4) is 0 Å². The smallest absolute Gasteiger partial charge is 0.214 e. The maximum absolute atomic E-state index is 13.4. The molecule has 206 valence electrons. The van der Waals surface area contributed by atoms with Crippen LogP contribution in [0.2, 0.25) is 5.02 Å². The van der Waals surface area contributed by atoms with Gasteiger partial charge in [0.1, 0.15) is 30.3 Å². The van der Waals surface area contributed by atoms with Gasteiger partial charge < -0.3 is 19.9 Å². The Morgan fingerprint density at radius 1 is 1.12 bits per heavy atom. The summed E-state index contributed by atoms with van der Waals surface area (Å²) in [5.41, 5.74) is 3.06. The fraction of sp³-hybridized carbons (Fsp3) is 0.241. The van der Waals surface area contributed by atoms with E-state index in [2.05, 4.69) is 32.3 Å². The van der Waals surface area contributed by atoms with E-state index in [0.29, 0.717) is 28.1 Å². The highest BCUT2D eigenvalue weighted by molar-refractivity contribution is 6.32. The number of hydrogen-bond donors (Lipinski definition) is 2. The molecule has 2 N–H and O–H groups in total. The van der Waals surface area contributed by atoms with Crippen LogP contribution in [0.25, 0.3) is 10.9 Å². The zero-order valence-electron chi connectivity index (χ0n) is 22.3. The van der Waals surface area contributed by atoms with Crippen molar-refractivity contribution in [3.63, 3.8) is 0 Å². The minimum atomic E-state index is -0.310. The van der Waals surface area contributed by atoms with Gasteiger partial charge in [-0.15, -0.1) is 0 Å². The Bertz CT molecular complexity index is 1540. The van der Waals surface area contributed by atoms with Crippen LogP contribution in [0.1, 0.15) is 11.1 Å². The number of halogens is 2. The molecule has 9 nitrogen and oxygen atoms in total. The third-order valence-corrected chi connectivity index (χ3v) is 6.92. The van der Waals surface area contributed by atoms with Crippen molar-refractivity contribution in [1.29, 1.82) is 5.41 Å². The van der Waals surface area contributed by atoms with Gasteiger partial charge in [-0.25, -0.2) is 19.4 Å². The fourth-order valence-corrected chi connectivity index (χ4v) is 4.54. The first kappa shape index (κ1) is 27.3. The summed E-state index contributed by atoms with van der Waals surface area (Å²) >= 11 is 6.48. The van der Waals surface area contributed by atoms with E-state index in [1.807, 2.05) is 29.2 Å². The topological polar surface area (TPSA) is 93.0 Å². The van der Waals surface area contributed by atoms with Gasteiger partial charge in [0, 0.05) is 44.3 Å². The van der Waals surface area contributed by atoms with E-state index < -0.39 is 0 Å². The second-order valence-corrected chi connectivity index (χ2v) is 9.98. The van der Waals surface area contributed by atoms with Crippen LogP contribution in [0.15, 0.2) is 72.1 Å². The minimum Gasteiger partial charge on any atom is -0.487 e. The van der Waals surface area contributed by atoms with Gasteiger partial charge in [-0.3, -0.25) is 5.41 Å². The standard InChI is InChI=1S/C29H30ClFN8O/c1-37-10-12-39(13-11-37)29(32)38(2)35-17-20-6-8-26-24(15-20)28(34-19-33-26)36-23-7-9-27(25(30)16-23)40-18-21-4-3-5-22(31)14-21/h3-9,14-17,19,32H,10-13,18H2,1-2H3,(H,33,34,36)/b32-29?,35-17+. The van der Waals surface area contributed by atoms with Gasteiger partial charge in [0.25, 0.3) is 0 Å². The van der Waals surface area contributed by atoms with E-state index in [1.165, 1.54) is 18.5 Å². The van der Waals surface area contributed by atoms with Gasteiger partial charge in [0.15, 0.2) is 0 Å². The third-order valence-electron chi connectivity index (χ3n) is 6.63. The number of guanidine groups is 1. The van der Waals surface area contributed by atoms with Gasteiger partial charge in [0.05, 0.1) is 16.8 Å². The average molecular weight is 561 g/mol. The van der Waals surface area contributed by atoms with Crippen molar-refractivity contribution >= 4 is 46.2 Å². The van der Waals surface area contributed by atoms with Gasteiger partial charge in [-0.2, -0.15) is 5.10 Å². The summed E-state index contributed by atoms with van der Waals surface area (Å²) in [6, 6.07) is 17.4. The number of aromatic nitrogens is 2. The molecule has 1 aromatic heterocycles. The number of benzene rings is 3. The van der Waals surface area contributed by atoms with Gasteiger partial charge in [-0.05, 0) is 60.6 Å². The molecule has 5 rings (SSSR count). The molecule has 40 heavy (non-hydrogen) atoms. The lowest BCUT2D eigenvalue weighted by Crippen LogP contribution is -2.50. The molecule has 3 aromatic carbocycles. The van der Waals surface area contributed by atoms with Crippen molar-refractivity contribution in [1.82, 2.24) is 24.8 Å². The lowest BCUT2D eigenvalue weighted by molar-refractivity contribution is 0.200. The fourth-order valence-electron chi connectivity index (χ4n) is 4.31. The second kappa shape index (κ2) is 12.3. The van der Waals surface area contributed by atoms with Crippen molar-refractivity contribution in [3.05, 3.63) is 89.0 Å². The molecule has 1 aliphatic heterocycles. The monoisotopic (exact) mass is 560 g/mol. The molecule has 0 amide bonds. The van der Waals surface area contributed by atoms with Crippen LogP contribution < -0.4 is 10.1 Å². The Morgan fingerprint density at radius 3 is 2.73 bits per heavy atom. The van der Waals surface area contributed by atoms with Crippen molar-refractivity contribution in [2.75, 3.05) is 45.6 Å². The van der Waals surface area contributed by atoms with E-state index in [4.69, 9.17) is 21.7 Å². The molecule has 1 fully saturated rings. The molecule has 4 aromatic rings. The molecule has 0 aliphatic carbocycles. The minimum absolute atomic E-state index is 0.204. The predicted octanol–water partition coefficient (Wildman–Crippen LogP) is 5.19. The number of hydrazone groups is 1. The van der Waals surface area contributed by atoms with Crippen LogP contribution in [-0.2, 0) is 6.61 Å². The number of likely N-dealkylation sites (N-methyl/N-ethyl adjacent to an activating group) is 1. The SMILES string of the molecule is CN1CCN(C(=N)N(C)/N=C/c2ccc3ncnc(Nc4ccc(OCc5cccc(F)c5)c(Cl)c4)c3c2)CC1. The lowest BCUT2D eigenvalue weighted by Gasteiger charge is -2.35. The highest BCUT2D eigenvalue weighted by atomic mass is 35.5. The van der Waals surface area contributed by atoms with Crippen molar-refractivity contribution < 1.29 is 9.13 Å². The third kappa shape index (κ3) is 6.64. The molecule has 1 aliphatic rings. The number of hydrogen-bond acceptors (Lipinski definition) is 7. The highest BCUT2D eigenvalue weighted by Gasteiger charge is 2.18. The Labute approximate surface area is 237 Å². The van der Waals surface area contributed by atoms with Gasteiger partial charge in [-0.1, -0.05) is 29.8 Å². The Kier molecular flexibility index (Phi) is 8.37. The van der Waals surface area contributed by atoms with E-state index in [1.54, 1.807) is 42.5 Å². The maximum atomic E-state index is 13.4. The molecule has 2 heterocycles. The van der Waals surface area contributed by atoms with E-state index in [0.717, 1.165) is 48.3 Å². The number of ether oxygens (including phenoxy) is 1. The van der Waals surface area contributed by atoms with E-state index in [-0.39, 0.29) is 12.4 Å². The number of nitrogens with one attached hydrogen (secondary N) is 2. The number of piperazine rings is 1. The molecule has 0 atom stereocenters. The highest BCUT2D eigenvalue weighted by Crippen LogP contribution is 2.31. The first-order chi connectivity index (χ1) is 19.4.